The van der Waals surface area contributed by atoms with Crippen molar-refractivity contribution in [1.82, 2.24) is 41.0 Å². The molecule has 1 fully saturated rings. The molecule has 27 heavy (non-hydrogen) atoms. The summed E-state index contributed by atoms with van der Waals surface area (Å²) < 4.78 is 0. The molecule has 4 aromatic rings. The quantitative estimate of drug-likeness (QED) is 0.377. The van der Waals surface area contributed by atoms with Gasteiger partial charge in [-0.2, -0.15) is 5.10 Å². The zero-order valence-corrected chi connectivity index (χ0v) is 14.9. The lowest BCUT2D eigenvalue weighted by Gasteiger charge is -2.23. The van der Waals surface area contributed by atoms with Gasteiger partial charge in [-0.15, -0.1) is 0 Å². The van der Waals surface area contributed by atoms with E-state index in [0.29, 0.717) is 22.8 Å². The van der Waals surface area contributed by atoms with Crippen LogP contribution in [-0.2, 0) is 0 Å². The molecular weight excluding hydrogens is 344 g/mol. The number of hydrogen-bond acceptors (Lipinski definition) is 5. The number of H-pyrrole nitrogens is 3. The van der Waals surface area contributed by atoms with Gasteiger partial charge in [0.1, 0.15) is 5.69 Å². The summed E-state index contributed by atoms with van der Waals surface area (Å²) in [5.41, 5.74) is 4.21. The lowest BCUT2D eigenvalue weighted by atomic mass is 10.1. The number of aromatic nitrogens is 6. The molecule has 1 aliphatic rings. The highest BCUT2D eigenvalue weighted by Gasteiger charge is 2.25. The molecule has 0 radical (unpaired) electrons. The van der Waals surface area contributed by atoms with Gasteiger partial charge in [0.15, 0.2) is 5.82 Å². The predicted molar refractivity (Wildman–Crippen MR) is 101 cm³/mol. The molecule has 138 valence electrons. The number of carbonyl (C=O) groups excluding carboxylic acids is 1. The molecule has 1 aliphatic heterocycles. The second-order valence-corrected chi connectivity index (χ2v) is 6.96. The lowest BCUT2D eigenvalue weighted by molar-refractivity contribution is 0.0929. The summed E-state index contributed by atoms with van der Waals surface area (Å²) in [4.78, 5) is 22.1. The fourth-order valence-electron chi connectivity index (χ4n) is 3.64. The maximum Gasteiger partial charge on any atom is 0.255 e. The molecule has 1 saturated heterocycles. The van der Waals surface area contributed by atoms with Gasteiger partial charge in [0.05, 0.1) is 22.1 Å². The Morgan fingerprint density at radius 1 is 1.19 bits per heavy atom. The van der Waals surface area contributed by atoms with Gasteiger partial charge in [0.2, 0.25) is 0 Å². The molecule has 4 heterocycles. The Kier molecular flexibility index (Phi) is 3.68. The van der Waals surface area contributed by atoms with Gasteiger partial charge in [0.25, 0.3) is 5.91 Å². The van der Waals surface area contributed by atoms with Gasteiger partial charge >= 0.3 is 0 Å². The molecule has 5 N–H and O–H groups in total. The summed E-state index contributed by atoms with van der Waals surface area (Å²) in [6.45, 7) is 3.68. The third-order valence-electron chi connectivity index (χ3n) is 5.09. The van der Waals surface area contributed by atoms with Gasteiger partial charge in [-0.1, -0.05) is 0 Å². The highest BCUT2D eigenvalue weighted by Crippen LogP contribution is 2.26. The number of fused-ring (bicyclic) bond motifs is 2. The minimum absolute atomic E-state index is 0.126. The number of imidazole rings is 1. The van der Waals surface area contributed by atoms with Crippen LogP contribution in [0.4, 0.5) is 0 Å². The first-order chi connectivity index (χ1) is 13.2. The molecule has 0 bridgehead atoms. The predicted octanol–water partition coefficient (Wildman–Crippen LogP) is 1.62. The van der Waals surface area contributed by atoms with Crippen LogP contribution in [0.2, 0.25) is 0 Å². The average molecular weight is 364 g/mol. The maximum absolute atomic E-state index is 12.9. The Morgan fingerprint density at radius 2 is 1.96 bits per heavy atom. The molecule has 9 nitrogen and oxygen atoms in total. The maximum atomic E-state index is 12.9. The molecule has 0 aliphatic carbocycles. The normalized spacial score (nSPS) is 15.6. The van der Waals surface area contributed by atoms with Gasteiger partial charge in [-0.05, 0) is 45.0 Å². The molecule has 5 rings (SSSR count). The Bertz CT molecular complexity index is 1080. The Hall–Kier alpha value is -3.20. The third-order valence-corrected chi connectivity index (χ3v) is 5.09. The van der Waals surface area contributed by atoms with E-state index in [2.05, 4.69) is 41.0 Å². The zero-order chi connectivity index (χ0) is 18.4. The van der Waals surface area contributed by atoms with Crippen molar-refractivity contribution in [2.75, 3.05) is 13.1 Å². The number of aromatic amines is 3. The van der Waals surface area contributed by atoms with E-state index < -0.39 is 0 Å². The van der Waals surface area contributed by atoms with E-state index in [1.54, 1.807) is 0 Å². The van der Waals surface area contributed by atoms with Crippen molar-refractivity contribution in [2.24, 2.45) is 0 Å². The fourth-order valence-corrected chi connectivity index (χ4v) is 3.64. The van der Waals surface area contributed by atoms with Crippen molar-refractivity contribution < 1.29 is 4.79 Å². The van der Waals surface area contributed by atoms with Crippen molar-refractivity contribution in [3.8, 4) is 11.5 Å². The molecule has 0 unspecified atom stereocenters. The molecule has 3 aromatic heterocycles. The first-order valence-electron chi connectivity index (χ1n) is 9.09. The topological polar surface area (TPSA) is 127 Å². The molecule has 1 amide bonds. The van der Waals surface area contributed by atoms with E-state index in [4.69, 9.17) is 0 Å². The summed E-state index contributed by atoms with van der Waals surface area (Å²) in [5.74, 6) is 0.333. The van der Waals surface area contributed by atoms with Crippen LogP contribution in [0, 0.1) is 6.92 Å². The summed E-state index contributed by atoms with van der Waals surface area (Å²) in [5, 5.41) is 20.7. The number of piperidine rings is 1. The van der Waals surface area contributed by atoms with E-state index in [9.17, 15) is 4.79 Å². The molecule has 9 heteroatoms. The van der Waals surface area contributed by atoms with Gasteiger partial charge < -0.3 is 20.8 Å². The number of aryl methyl sites for hydroxylation is 1. The highest BCUT2D eigenvalue weighted by atomic mass is 16.1. The van der Waals surface area contributed by atoms with E-state index in [-0.39, 0.29) is 11.9 Å². The number of benzene rings is 1. The average Bonchev–Trinajstić information content (AvgIpc) is 3.37. The summed E-state index contributed by atoms with van der Waals surface area (Å²) in [7, 11) is 0. The second-order valence-electron chi connectivity index (χ2n) is 6.96. The van der Waals surface area contributed by atoms with Crippen LogP contribution < -0.4 is 10.6 Å². The molecule has 1 aromatic carbocycles. The van der Waals surface area contributed by atoms with E-state index in [0.717, 1.165) is 47.9 Å². The Morgan fingerprint density at radius 3 is 2.78 bits per heavy atom. The van der Waals surface area contributed by atoms with Crippen molar-refractivity contribution in [3.63, 3.8) is 0 Å². The fraction of sp³-hybridized carbons (Fsp3) is 0.333. The van der Waals surface area contributed by atoms with Crippen molar-refractivity contribution in [2.45, 2.75) is 25.8 Å². The number of amides is 1. The molecule has 0 spiro atoms. The van der Waals surface area contributed by atoms with Crippen LogP contribution in [0.5, 0.6) is 0 Å². The van der Waals surface area contributed by atoms with Crippen LogP contribution >= 0.6 is 0 Å². The van der Waals surface area contributed by atoms with Crippen LogP contribution in [-0.4, -0.2) is 55.4 Å². The standard InChI is InChI=1S/C18H20N8O/c1-9-15(18(27)21-11-2-4-19-5-3-11)16(26-24-9)17-22-13-6-10-8-20-25-12(10)7-14(13)23-17/h6-8,11,19-20,25H,2-5H2,1H3,(H,21,27)(H,24,26). The third kappa shape index (κ3) is 2.76. The monoisotopic (exact) mass is 364 g/mol. The minimum Gasteiger partial charge on any atom is -0.349 e. The smallest absolute Gasteiger partial charge is 0.255 e. The van der Waals surface area contributed by atoms with Gasteiger partial charge in [-0.3, -0.25) is 9.89 Å². The Balaban J connectivity index is 1.51. The van der Waals surface area contributed by atoms with Crippen LogP contribution in [0.3, 0.4) is 0 Å². The summed E-state index contributed by atoms with van der Waals surface area (Å²) >= 11 is 0. The zero-order valence-electron chi connectivity index (χ0n) is 14.9. The number of nitrogens with zero attached hydrogens (tertiary/aromatic N) is 3. The first-order valence-corrected chi connectivity index (χ1v) is 9.09. The van der Waals surface area contributed by atoms with Crippen LogP contribution in [0.25, 0.3) is 33.5 Å². The number of nitrogens with one attached hydrogen (secondary N) is 5. The number of carbonyl (C=O) groups is 1. The lowest BCUT2D eigenvalue weighted by Crippen LogP contribution is -2.42. The van der Waals surface area contributed by atoms with E-state index in [1.807, 2.05) is 25.3 Å². The van der Waals surface area contributed by atoms with Gasteiger partial charge in [0, 0.05) is 23.3 Å². The van der Waals surface area contributed by atoms with Crippen LogP contribution in [0.1, 0.15) is 28.9 Å². The summed E-state index contributed by atoms with van der Waals surface area (Å²) in [6, 6.07) is 4.08. The molecule has 0 atom stereocenters. The van der Waals surface area contributed by atoms with Gasteiger partial charge in [-0.25, -0.2) is 9.97 Å². The largest absolute Gasteiger partial charge is 0.349 e. The van der Waals surface area contributed by atoms with Crippen LogP contribution in [0.15, 0.2) is 18.3 Å². The minimum atomic E-state index is -0.126. The van der Waals surface area contributed by atoms with Crippen molar-refractivity contribution in [3.05, 3.63) is 29.6 Å². The summed E-state index contributed by atoms with van der Waals surface area (Å²) in [6.07, 6.45) is 3.73. The first kappa shape index (κ1) is 16.0. The number of hydrogen-bond donors (Lipinski definition) is 5. The molecular formula is C18H20N8O. The SMILES string of the molecule is Cc1[nH]nc(-c2nc3cc4c[nH][nH]c4cc3n2)c1C(=O)NC1CCNCC1. The number of rotatable bonds is 3. The second kappa shape index (κ2) is 6.20. The van der Waals surface area contributed by atoms with E-state index in [1.165, 1.54) is 0 Å². The molecule has 0 saturated carbocycles. The van der Waals surface area contributed by atoms with Crippen molar-refractivity contribution >= 4 is 27.8 Å². The Labute approximate surface area is 154 Å². The van der Waals surface area contributed by atoms with Crippen molar-refractivity contribution in [1.29, 1.82) is 0 Å². The van der Waals surface area contributed by atoms with E-state index >= 15 is 0 Å². The highest BCUT2D eigenvalue weighted by molar-refractivity contribution is 6.01.